The number of benzene rings is 2. The van der Waals surface area contributed by atoms with E-state index in [2.05, 4.69) is 36.5 Å². The third kappa shape index (κ3) is 7.69. The molecular formula is C25H33N5O4S. The smallest absolute Gasteiger partial charge is 0.324 e. The van der Waals surface area contributed by atoms with Crippen molar-refractivity contribution in [2.45, 2.75) is 38.8 Å². The molecule has 0 bridgehead atoms. The Morgan fingerprint density at radius 2 is 1.66 bits per heavy atom. The quantitative estimate of drug-likeness (QED) is 0.489. The van der Waals surface area contributed by atoms with Crippen molar-refractivity contribution in [1.82, 2.24) is 14.3 Å². The second kappa shape index (κ2) is 12.0. The van der Waals surface area contributed by atoms with Crippen LogP contribution in [0.2, 0.25) is 0 Å². The van der Waals surface area contributed by atoms with Crippen molar-refractivity contribution in [3.05, 3.63) is 59.7 Å². The zero-order valence-corrected chi connectivity index (χ0v) is 20.9. The molecule has 2 aliphatic heterocycles. The van der Waals surface area contributed by atoms with Crippen molar-refractivity contribution in [1.29, 1.82) is 0 Å². The Morgan fingerprint density at radius 1 is 0.914 bits per heavy atom. The highest BCUT2D eigenvalue weighted by atomic mass is 32.2. The number of methoxy groups -OCH3 is 1. The van der Waals surface area contributed by atoms with Crippen LogP contribution in [0.3, 0.4) is 0 Å². The monoisotopic (exact) mass is 499 g/mol. The molecule has 4 rings (SSSR count). The van der Waals surface area contributed by atoms with Crippen LogP contribution in [0, 0.1) is 0 Å². The van der Waals surface area contributed by atoms with Crippen molar-refractivity contribution in [3.8, 4) is 11.5 Å². The van der Waals surface area contributed by atoms with Crippen molar-refractivity contribution < 1.29 is 17.9 Å². The van der Waals surface area contributed by atoms with Gasteiger partial charge in [0.05, 0.1) is 20.3 Å². The van der Waals surface area contributed by atoms with E-state index in [0.717, 1.165) is 36.7 Å². The molecule has 0 unspecified atom stereocenters. The molecule has 2 saturated heterocycles. The molecular weight excluding hydrogens is 466 g/mol. The zero-order valence-electron chi connectivity index (χ0n) is 20.1. The molecule has 0 aliphatic carbocycles. The number of ether oxygens (including phenoxy) is 2. The fraction of sp³-hybridized carbons (Fsp3) is 0.440. The summed E-state index contributed by atoms with van der Waals surface area (Å²) in [5.74, 6) is 2.04. The summed E-state index contributed by atoms with van der Waals surface area (Å²) in [6, 6.07) is 15.7. The molecule has 0 aromatic heterocycles. The molecule has 0 saturated carbocycles. The summed E-state index contributed by atoms with van der Waals surface area (Å²) in [6.07, 6.45) is 4.53. The Labute approximate surface area is 207 Å². The van der Waals surface area contributed by atoms with Crippen LogP contribution in [-0.2, 0) is 23.3 Å². The van der Waals surface area contributed by atoms with Gasteiger partial charge >= 0.3 is 10.2 Å². The van der Waals surface area contributed by atoms with Crippen LogP contribution in [0.5, 0.6) is 11.5 Å². The van der Waals surface area contributed by atoms with Crippen molar-refractivity contribution in [2.75, 3.05) is 33.4 Å². The fourth-order valence-electron chi connectivity index (χ4n) is 4.05. The molecule has 2 aromatic carbocycles. The highest BCUT2D eigenvalue weighted by Gasteiger charge is 2.28. The first-order chi connectivity index (χ1) is 17.0. The third-order valence-corrected chi connectivity index (χ3v) is 6.78. The molecule has 2 N–H and O–H groups in total. The van der Waals surface area contributed by atoms with Crippen LogP contribution in [0.1, 0.15) is 36.8 Å². The van der Waals surface area contributed by atoms with Gasteiger partial charge < -0.3 is 9.47 Å². The van der Waals surface area contributed by atoms with Crippen molar-refractivity contribution in [2.24, 2.45) is 9.98 Å². The standard InChI is InChI=1S/C25H33N5O4S/c1-33-22-11-9-20(10-12-22)18-27-25-24(28-35(31,32)29-25)26-13-6-16-34-23-8-5-7-21(17-23)19-30-14-3-2-4-15-30/h5,7-12,17H,2-4,6,13-16,18-19H2,1H3,(H,26,28)(H,27,29). The van der Waals surface area contributed by atoms with Gasteiger partial charge in [-0.2, -0.15) is 8.42 Å². The molecule has 0 amide bonds. The molecule has 188 valence electrons. The van der Waals surface area contributed by atoms with Gasteiger partial charge in [0.1, 0.15) is 11.5 Å². The van der Waals surface area contributed by atoms with E-state index in [-0.39, 0.29) is 11.7 Å². The van der Waals surface area contributed by atoms with E-state index in [0.29, 0.717) is 26.1 Å². The van der Waals surface area contributed by atoms with Gasteiger partial charge in [-0.25, -0.2) is 9.44 Å². The summed E-state index contributed by atoms with van der Waals surface area (Å²) >= 11 is 0. The third-order valence-electron chi connectivity index (χ3n) is 5.86. The summed E-state index contributed by atoms with van der Waals surface area (Å²) in [4.78, 5) is 11.3. The Balaban J connectivity index is 1.27. The van der Waals surface area contributed by atoms with Gasteiger partial charge in [0.15, 0.2) is 11.7 Å². The number of nitrogens with zero attached hydrogens (tertiary/aromatic N) is 3. The second-order valence-corrected chi connectivity index (χ2v) is 10.1. The fourth-order valence-corrected chi connectivity index (χ4v) is 4.93. The predicted octanol–water partition coefficient (Wildman–Crippen LogP) is 2.88. The topological polar surface area (TPSA) is 105 Å². The van der Waals surface area contributed by atoms with Crippen LogP contribution >= 0.6 is 0 Å². The van der Waals surface area contributed by atoms with Gasteiger partial charge in [-0.3, -0.25) is 14.9 Å². The van der Waals surface area contributed by atoms with E-state index in [9.17, 15) is 8.42 Å². The number of hydrogen-bond donors (Lipinski definition) is 2. The van der Waals surface area contributed by atoms with Crippen LogP contribution in [0.25, 0.3) is 0 Å². The zero-order chi connectivity index (χ0) is 24.5. The minimum Gasteiger partial charge on any atom is -0.497 e. The van der Waals surface area contributed by atoms with E-state index >= 15 is 0 Å². The minimum absolute atomic E-state index is 0.215. The summed E-state index contributed by atoms with van der Waals surface area (Å²) < 4.78 is 39.8. The Hall–Kier alpha value is -3.11. The summed E-state index contributed by atoms with van der Waals surface area (Å²) in [5.41, 5.74) is 2.19. The first-order valence-electron chi connectivity index (χ1n) is 12.0. The first kappa shape index (κ1) is 25.0. The Bertz CT molecular complexity index is 1140. The molecule has 2 aromatic rings. The van der Waals surface area contributed by atoms with E-state index in [1.54, 1.807) is 7.11 Å². The number of hydrogen-bond acceptors (Lipinski definition) is 7. The highest BCUT2D eigenvalue weighted by Crippen LogP contribution is 2.18. The van der Waals surface area contributed by atoms with Gasteiger partial charge in [-0.05, 0) is 61.3 Å². The maximum atomic E-state index is 12.0. The average Bonchev–Trinajstić information content (AvgIpc) is 3.17. The van der Waals surface area contributed by atoms with E-state index in [4.69, 9.17) is 9.47 Å². The normalized spacial score (nSPS) is 19.9. The summed E-state index contributed by atoms with van der Waals surface area (Å²) in [5, 5.41) is 0. The molecule has 0 atom stereocenters. The van der Waals surface area contributed by atoms with Gasteiger partial charge in [-0.15, -0.1) is 0 Å². The lowest BCUT2D eigenvalue weighted by atomic mass is 10.1. The number of amidine groups is 2. The van der Waals surface area contributed by atoms with E-state index in [1.807, 2.05) is 36.4 Å². The molecule has 10 heteroatoms. The van der Waals surface area contributed by atoms with Crippen LogP contribution < -0.4 is 18.9 Å². The van der Waals surface area contributed by atoms with Crippen LogP contribution in [-0.4, -0.2) is 58.3 Å². The predicted molar refractivity (Wildman–Crippen MR) is 137 cm³/mol. The van der Waals surface area contributed by atoms with Gasteiger partial charge in [0, 0.05) is 19.5 Å². The SMILES string of the molecule is COc1ccc(CN=C2NS(=O)(=O)NC2=NCCCOc2cccc(CN3CCCCC3)c2)cc1. The summed E-state index contributed by atoms with van der Waals surface area (Å²) in [6.45, 7) is 4.50. The number of piperidine rings is 1. The molecule has 0 spiro atoms. The molecule has 2 heterocycles. The number of rotatable bonds is 10. The lowest BCUT2D eigenvalue weighted by Gasteiger charge is -2.26. The van der Waals surface area contributed by atoms with Gasteiger partial charge in [0.25, 0.3) is 0 Å². The maximum absolute atomic E-state index is 12.0. The molecule has 0 radical (unpaired) electrons. The molecule has 2 fully saturated rings. The Kier molecular flexibility index (Phi) is 8.59. The minimum atomic E-state index is -3.68. The molecule has 2 aliphatic rings. The highest BCUT2D eigenvalue weighted by molar-refractivity contribution is 7.89. The first-order valence-corrected chi connectivity index (χ1v) is 13.5. The van der Waals surface area contributed by atoms with Gasteiger partial charge in [-0.1, -0.05) is 30.7 Å². The lowest BCUT2D eigenvalue weighted by Crippen LogP contribution is -2.29. The number of nitrogens with one attached hydrogen (secondary N) is 2. The van der Waals surface area contributed by atoms with Crippen LogP contribution in [0.4, 0.5) is 0 Å². The second-order valence-electron chi connectivity index (χ2n) is 8.64. The molecule has 9 nitrogen and oxygen atoms in total. The maximum Gasteiger partial charge on any atom is 0.324 e. The van der Waals surface area contributed by atoms with Crippen molar-refractivity contribution in [3.63, 3.8) is 0 Å². The van der Waals surface area contributed by atoms with Gasteiger partial charge in [0.2, 0.25) is 0 Å². The van der Waals surface area contributed by atoms with Crippen LogP contribution in [0.15, 0.2) is 58.5 Å². The largest absolute Gasteiger partial charge is 0.497 e. The Morgan fingerprint density at radius 3 is 2.40 bits per heavy atom. The lowest BCUT2D eigenvalue weighted by molar-refractivity contribution is 0.220. The summed E-state index contributed by atoms with van der Waals surface area (Å²) in [7, 11) is -2.07. The van der Waals surface area contributed by atoms with E-state index < -0.39 is 10.2 Å². The number of aliphatic imine (C=N–C) groups is 2. The van der Waals surface area contributed by atoms with E-state index in [1.165, 1.54) is 24.8 Å². The van der Waals surface area contributed by atoms with Crippen molar-refractivity contribution >= 4 is 21.9 Å². The average molecular weight is 500 g/mol. The number of likely N-dealkylation sites (tertiary alicyclic amines) is 1. The molecule has 35 heavy (non-hydrogen) atoms.